The zero-order chi connectivity index (χ0) is 15.7. The Morgan fingerprint density at radius 3 is 2.65 bits per heavy atom. The number of thioether (sulfide) groups is 1. The van der Waals surface area contributed by atoms with Crippen LogP contribution in [0, 0.1) is 0 Å². The predicted octanol–water partition coefficient (Wildman–Crippen LogP) is 5.43. The van der Waals surface area contributed by atoms with E-state index in [9.17, 15) is 0 Å². The molecular weight excluding hydrogens is 302 g/mol. The van der Waals surface area contributed by atoms with Crippen LogP contribution in [0.4, 0.5) is 5.69 Å². The molecule has 3 aliphatic rings. The monoisotopic (exact) mass is 317 g/mol. The van der Waals surface area contributed by atoms with Gasteiger partial charge in [0, 0.05) is 50.9 Å². The van der Waals surface area contributed by atoms with Crippen LogP contribution >= 0.6 is 11.8 Å². The highest BCUT2D eigenvalue weighted by atomic mass is 32.2. The third-order valence-corrected chi connectivity index (χ3v) is 5.92. The van der Waals surface area contributed by atoms with E-state index in [1.54, 1.807) is 11.8 Å². The van der Waals surface area contributed by atoms with Crippen LogP contribution < -0.4 is 9.64 Å². The lowest BCUT2D eigenvalue weighted by Gasteiger charge is -2.43. The Morgan fingerprint density at radius 2 is 1.87 bits per heavy atom. The van der Waals surface area contributed by atoms with Gasteiger partial charge in [0.15, 0.2) is 0 Å². The van der Waals surface area contributed by atoms with Gasteiger partial charge in [-0.25, -0.2) is 0 Å². The molecule has 0 aromatic heterocycles. The highest BCUT2D eigenvalue weighted by Gasteiger charge is 2.43. The molecule has 0 saturated carbocycles. The van der Waals surface area contributed by atoms with Crippen molar-refractivity contribution in [3.8, 4) is 11.5 Å². The smallest absolute Gasteiger partial charge is 0.133 e. The largest absolute Gasteiger partial charge is 0.457 e. The van der Waals surface area contributed by atoms with Crippen LogP contribution in [0.25, 0.3) is 0 Å². The van der Waals surface area contributed by atoms with Crippen LogP contribution in [-0.4, -0.2) is 7.05 Å². The van der Waals surface area contributed by atoms with Crippen LogP contribution in [-0.2, 0) is 0 Å². The fourth-order valence-corrected chi connectivity index (χ4v) is 5.01. The summed E-state index contributed by atoms with van der Waals surface area (Å²) in [7, 11) is 2.09. The van der Waals surface area contributed by atoms with Gasteiger partial charge in [0.2, 0.25) is 0 Å². The summed E-state index contributed by atoms with van der Waals surface area (Å²) in [6, 6.07) is 12.5. The minimum Gasteiger partial charge on any atom is -0.457 e. The van der Waals surface area contributed by atoms with Gasteiger partial charge < -0.3 is 9.64 Å². The SMILES string of the molecule is C=CC1=C2C(=C)Sc3cccc4c3C2c2c(cccc2N1C)O4. The molecule has 0 bridgehead atoms. The van der Waals surface area contributed by atoms with Crippen molar-refractivity contribution >= 4 is 17.4 Å². The Balaban J connectivity index is 1.95. The molecule has 3 heterocycles. The van der Waals surface area contributed by atoms with E-state index >= 15 is 0 Å². The summed E-state index contributed by atoms with van der Waals surface area (Å²) in [5.41, 5.74) is 6.10. The molecule has 2 aromatic carbocycles. The first kappa shape index (κ1) is 13.1. The zero-order valence-electron chi connectivity index (χ0n) is 12.8. The Bertz CT molecular complexity index is 941. The fourth-order valence-electron chi connectivity index (χ4n) is 3.94. The van der Waals surface area contributed by atoms with Gasteiger partial charge >= 0.3 is 0 Å². The summed E-state index contributed by atoms with van der Waals surface area (Å²) in [4.78, 5) is 4.55. The standard InChI is InChI=1S/C20H15NOS/c1-4-12-17-11(2)23-16-10-6-9-15-19(16)20(17)18-13(21(12)3)7-5-8-14(18)22-15/h4-10,20H,1-2H2,3H3. The molecular formula is C20H15NOS. The highest BCUT2D eigenvalue weighted by molar-refractivity contribution is 8.03. The van der Waals surface area contributed by atoms with Crippen LogP contribution in [0.1, 0.15) is 17.0 Å². The number of nitrogens with zero attached hydrogens (tertiary/aromatic N) is 1. The number of hydrogen-bond donors (Lipinski definition) is 0. The first-order valence-electron chi connectivity index (χ1n) is 7.62. The average molecular weight is 317 g/mol. The quantitative estimate of drug-likeness (QED) is 0.695. The molecule has 5 rings (SSSR count). The number of rotatable bonds is 1. The number of ether oxygens (including phenoxy) is 1. The summed E-state index contributed by atoms with van der Waals surface area (Å²) < 4.78 is 6.22. The van der Waals surface area contributed by atoms with Crippen LogP contribution in [0.2, 0.25) is 0 Å². The second-order valence-corrected chi connectivity index (χ2v) is 7.12. The molecule has 3 heteroatoms. The molecule has 0 aliphatic carbocycles. The van der Waals surface area contributed by atoms with E-state index in [1.165, 1.54) is 27.3 Å². The van der Waals surface area contributed by atoms with Gasteiger partial charge in [-0.1, -0.05) is 37.1 Å². The minimum absolute atomic E-state index is 0.194. The van der Waals surface area contributed by atoms with E-state index in [-0.39, 0.29) is 5.92 Å². The molecule has 0 saturated heterocycles. The normalized spacial score (nSPS) is 20.1. The Labute approximate surface area is 139 Å². The van der Waals surface area contributed by atoms with E-state index in [0.717, 1.165) is 22.1 Å². The first-order chi connectivity index (χ1) is 11.2. The second-order valence-electron chi connectivity index (χ2n) is 5.98. The topological polar surface area (TPSA) is 12.5 Å². The van der Waals surface area contributed by atoms with Crippen molar-refractivity contribution in [2.45, 2.75) is 10.8 Å². The predicted molar refractivity (Wildman–Crippen MR) is 95.4 cm³/mol. The Hall–Kier alpha value is -2.39. The van der Waals surface area contributed by atoms with Crippen LogP contribution in [0.15, 0.2) is 76.7 Å². The maximum absolute atomic E-state index is 6.22. The van der Waals surface area contributed by atoms with Gasteiger partial charge in [0.1, 0.15) is 11.5 Å². The van der Waals surface area contributed by atoms with Gasteiger partial charge in [-0.2, -0.15) is 0 Å². The number of hydrogen-bond acceptors (Lipinski definition) is 3. The number of allylic oxidation sites excluding steroid dienone is 2. The van der Waals surface area contributed by atoms with E-state index in [1.807, 2.05) is 6.08 Å². The van der Waals surface area contributed by atoms with Crippen LogP contribution in [0.5, 0.6) is 11.5 Å². The third kappa shape index (κ3) is 1.50. The molecule has 0 amide bonds. The summed E-state index contributed by atoms with van der Waals surface area (Å²) in [5.74, 6) is 2.10. The van der Waals surface area contributed by atoms with E-state index in [2.05, 4.69) is 61.5 Å². The number of likely N-dealkylation sites (N-methyl/N-ethyl adjacent to an activating group) is 1. The molecule has 112 valence electrons. The lowest BCUT2D eigenvalue weighted by molar-refractivity contribution is 0.448. The molecule has 0 N–H and O–H groups in total. The molecule has 3 aliphatic heterocycles. The summed E-state index contributed by atoms with van der Waals surface area (Å²) >= 11 is 1.73. The van der Waals surface area contributed by atoms with Crippen molar-refractivity contribution in [1.29, 1.82) is 0 Å². The van der Waals surface area contributed by atoms with Crippen molar-refractivity contribution in [2.24, 2.45) is 0 Å². The summed E-state index contributed by atoms with van der Waals surface area (Å²) in [5, 5.41) is 0. The van der Waals surface area contributed by atoms with Crippen molar-refractivity contribution in [2.75, 3.05) is 11.9 Å². The highest BCUT2D eigenvalue weighted by Crippen LogP contribution is 2.62. The molecule has 1 unspecified atom stereocenters. The summed E-state index contributed by atoms with van der Waals surface area (Å²) in [6.07, 6.45) is 1.94. The van der Waals surface area contributed by atoms with E-state index < -0.39 is 0 Å². The van der Waals surface area contributed by atoms with Crippen molar-refractivity contribution in [3.05, 3.63) is 82.9 Å². The van der Waals surface area contributed by atoms with Crippen molar-refractivity contribution in [1.82, 2.24) is 0 Å². The van der Waals surface area contributed by atoms with Crippen LogP contribution in [0.3, 0.4) is 0 Å². The molecule has 0 fully saturated rings. The second kappa shape index (κ2) is 4.33. The molecule has 0 spiro atoms. The van der Waals surface area contributed by atoms with Gasteiger partial charge in [0.25, 0.3) is 0 Å². The van der Waals surface area contributed by atoms with Gasteiger partial charge in [0.05, 0.1) is 0 Å². The average Bonchev–Trinajstić information content (AvgIpc) is 2.56. The molecule has 1 atom stereocenters. The molecule has 2 nitrogen and oxygen atoms in total. The number of anilines is 1. The van der Waals surface area contributed by atoms with Gasteiger partial charge in [-0.05, 0) is 30.3 Å². The van der Waals surface area contributed by atoms with Crippen molar-refractivity contribution < 1.29 is 4.74 Å². The molecule has 2 aromatic rings. The van der Waals surface area contributed by atoms with E-state index in [4.69, 9.17) is 4.74 Å². The number of benzene rings is 2. The summed E-state index contributed by atoms with van der Waals surface area (Å²) in [6.45, 7) is 8.39. The molecule has 23 heavy (non-hydrogen) atoms. The van der Waals surface area contributed by atoms with E-state index in [0.29, 0.717) is 0 Å². The Kier molecular flexibility index (Phi) is 2.46. The van der Waals surface area contributed by atoms with Gasteiger partial charge in [-0.15, -0.1) is 0 Å². The zero-order valence-corrected chi connectivity index (χ0v) is 13.6. The minimum atomic E-state index is 0.194. The first-order valence-corrected chi connectivity index (χ1v) is 8.43. The lowest BCUT2D eigenvalue weighted by Crippen LogP contribution is -2.30. The maximum Gasteiger partial charge on any atom is 0.133 e. The lowest BCUT2D eigenvalue weighted by atomic mass is 9.77. The third-order valence-electron chi connectivity index (χ3n) is 4.88. The molecule has 0 radical (unpaired) electrons. The fraction of sp³-hybridized carbons (Fsp3) is 0.100. The van der Waals surface area contributed by atoms with Gasteiger partial charge in [-0.3, -0.25) is 0 Å². The maximum atomic E-state index is 6.22. The Morgan fingerprint density at radius 1 is 1.13 bits per heavy atom. The van der Waals surface area contributed by atoms with Crippen molar-refractivity contribution in [3.63, 3.8) is 0 Å².